The van der Waals surface area contributed by atoms with Crippen LogP contribution in [0, 0.1) is 11.5 Å². The summed E-state index contributed by atoms with van der Waals surface area (Å²) in [5.41, 5.74) is 1.20. The molecule has 1 unspecified atom stereocenters. The van der Waals surface area contributed by atoms with Crippen LogP contribution >= 0.6 is 0 Å². The molecule has 1 aliphatic carbocycles. The summed E-state index contributed by atoms with van der Waals surface area (Å²) in [4.78, 5) is 0. The van der Waals surface area contributed by atoms with Gasteiger partial charge in [0, 0.05) is 5.41 Å². The Bertz CT molecular complexity index is 300. The minimum Gasteiger partial charge on any atom is -0.388 e. The maximum absolute atomic E-state index is 10.4. The third kappa shape index (κ3) is 1.93. The Labute approximate surface area is 92.1 Å². The van der Waals surface area contributed by atoms with Crippen molar-refractivity contribution in [3.05, 3.63) is 35.9 Å². The van der Waals surface area contributed by atoms with Crippen molar-refractivity contribution in [2.45, 2.75) is 45.1 Å². The van der Waals surface area contributed by atoms with E-state index in [2.05, 4.69) is 13.0 Å². The van der Waals surface area contributed by atoms with Gasteiger partial charge in [0.1, 0.15) is 0 Å². The molecule has 1 heteroatoms. The molecule has 0 amide bonds. The molecule has 1 nitrogen and oxygen atoms in total. The summed E-state index contributed by atoms with van der Waals surface area (Å²) < 4.78 is 0. The van der Waals surface area contributed by atoms with Gasteiger partial charge in [-0.1, -0.05) is 38.0 Å². The van der Waals surface area contributed by atoms with Crippen LogP contribution in [0.25, 0.3) is 0 Å². The monoisotopic (exact) mass is 203 g/mol. The molecule has 1 aliphatic rings. The van der Waals surface area contributed by atoms with E-state index < -0.39 is 0 Å². The van der Waals surface area contributed by atoms with E-state index in [0.717, 1.165) is 18.4 Å². The first-order valence-electron chi connectivity index (χ1n) is 5.92. The molecule has 81 valence electrons. The van der Waals surface area contributed by atoms with Gasteiger partial charge >= 0.3 is 0 Å². The van der Waals surface area contributed by atoms with Gasteiger partial charge in [-0.25, -0.2) is 0 Å². The average Bonchev–Trinajstić information content (AvgIpc) is 2.24. The van der Waals surface area contributed by atoms with Crippen LogP contribution in [0.1, 0.15) is 50.7 Å². The number of hydrogen-bond acceptors (Lipinski definition) is 1. The van der Waals surface area contributed by atoms with Gasteiger partial charge in [-0.2, -0.15) is 0 Å². The SMILES string of the molecule is CCCC1(C(O)c2c[c]ccc2)CCC1. The summed E-state index contributed by atoms with van der Waals surface area (Å²) in [6.45, 7) is 2.20. The second-order valence-corrected chi connectivity index (χ2v) is 4.71. The maximum atomic E-state index is 10.4. The van der Waals surface area contributed by atoms with Gasteiger partial charge in [-0.05, 0) is 37.0 Å². The van der Waals surface area contributed by atoms with Crippen molar-refractivity contribution in [3.8, 4) is 0 Å². The highest BCUT2D eigenvalue weighted by Gasteiger charge is 2.42. The van der Waals surface area contributed by atoms with E-state index in [9.17, 15) is 5.11 Å². The van der Waals surface area contributed by atoms with E-state index in [-0.39, 0.29) is 11.5 Å². The summed E-state index contributed by atoms with van der Waals surface area (Å²) in [6.07, 6.45) is 5.64. The molecule has 0 bridgehead atoms. The molecule has 1 aromatic carbocycles. The normalized spacial score (nSPS) is 20.7. The molecule has 1 radical (unpaired) electrons. The van der Waals surface area contributed by atoms with E-state index >= 15 is 0 Å². The minimum absolute atomic E-state index is 0.171. The molecular formula is C14H19O. The summed E-state index contributed by atoms with van der Waals surface area (Å²) in [6, 6.07) is 10.8. The lowest BCUT2D eigenvalue weighted by atomic mass is 9.61. The molecule has 0 spiro atoms. The van der Waals surface area contributed by atoms with Crippen molar-refractivity contribution in [2.75, 3.05) is 0 Å². The van der Waals surface area contributed by atoms with Crippen LogP contribution < -0.4 is 0 Å². The van der Waals surface area contributed by atoms with Crippen molar-refractivity contribution < 1.29 is 5.11 Å². The van der Waals surface area contributed by atoms with Crippen LogP contribution in [0.3, 0.4) is 0 Å². The second-order valence-electron chi connectivity index (χ2n) is 4.71. The van der Waals surface area contributed by atoms with Crippen LogP contribution in [-0.2, 0) is 0 Å². The van der Waals surface area contributed by atoms with E-state index in [4.69, 9.17) is 0 Å². The Balaban J connectivity index is 2.15. The topological polar surface area (TPSA) is 20.2 Å². The van der Waals surface area contributed by atoms with Gasteiger partial charge in [0.25, 0.3) is 0 Å². The molecule has 0 aliphatic heterocycles. The molecule has 1 saturated carbocycles. The molecule has 0 aromatic heterocycles. The maximum Gasteiger partial charge on any atom is 0.0846 e. The predicted molar refractivity (Wildman–Crippen MR) is 61.4 cm³/mol. The Hall–Kier alpha value is -0.820. The van der Waals surface area contributed by atoms with E-state index in [1.54, 1.807) is 0 Å². The highest BCUT2D eigenvalue weighted by Crippen LogP contribution is 2.53. The molecule has 1 aromatic rings. The summed E-state index contributed by atoms with van der Waals surface area (Å²) in [7, 11) is 0. The third-order valence-electron chi connectivity index (χ3n) is 3.72. The smallest absolute Gasteiger partial charge is 0.0846 e. The number of aliphatic hydroxyl groups is 1. The van der Waals surface area contributed by atoms with Crippen LogP contribution in [0.15, 0.2) is 24.3 Å². The summed E-state index contributed by atoms with van der Waals surface area (Å²) in [5.74, 6) is 0. The van der Waals surface area contributed by atoms with Crippen molar-refractivity contribution in [2.24, 2.45) is 5.41 Å². The van der Waals surface area contributed by atoms with E-state index in [1.807, 2.05) is 24.3 Å². The van der Waals surface area contributed by atoms with Gasteiger partial charge in [0.2, 0.25) is 0 Å². The largest absolute Gasteiger partial charge is 0.388 e. The number of hydrogen-bond donors (Lipinski definition) is 1. The fraction of sp³-hybridized carbons (Fsp3) is 0.571. The van der Waals surface area contributed by atoms with Crippen LogP contribution in [-0.4, -0.2) is 5.11 Å². The van der Waals surface area contributed by atoms with Crippen LogP contribution in [0.5, 0.6) is 0 Å². The Morgan fingerprint density at radius 1 is 1.53 bits per heavy atom. The molecule has 1 N–H and O–H groups in total. The lowest BCUT2D eigenvalue weighted by Gasteiger charge is -2.46. The highest BCUT2D eigenvalue weighted by molar-refractivity contribution is 5.20. The molecule has 2 rings (SSSR count). The zero-order chi connectivity index (χ0) is 10.7. The molecule has 0 saturated heterocycles. The van der Waals surface area contributed by atoms with Gasteiger partial charge in [-0.3, -0.25) is 0 Å². The number of aliphatic hydroxyl groups excluding tert-OH is 1. The molecular weight excluding hydrogens is 184 g/mol. The van der Waals surface area contributed by atoms with Gasteiger partial charge in [0.05, 0.1) is 6.10 Å². The van der Waals surface area contributed by atoms with E-state index in [0.29, 0.717) is 0 Å². The van der Waals surface area contributed by atoms with Crippen molar-refractivity contribution in [3.63, 3.8) is 0 Å². The summed E-state index contributed by atoms with van der Waals surface area (Å²) in [5, 5.41) is 10.4. The standard InChI is InChI=1S/C14H19O/c1-2-9-14(10-6-11-14)13(15)12-7-4-3-5-8-12/h3-4,7-8,13,15H,2,6,9-11H2,1H3. The van der Waals surface area contributed by atoms with Gasteiger partial charge in [-0.15, -0.1) is 0 Å². The fourth-order valence-electron chi connectivity index (χ4n) is 2.72. The minimum atomic E-state index is -0.288. The van der Waals surface area contributed by atoms with Crippen LogP contribution in [0.2, 0.25) is 0 Å². The van der Waals surface area contributed by atoms with Crippen molar-refractivity contribution in [1.82, 2.24) is 0 Å². The van der Waals surface area contributed by atoms with Gasteiger partial charge < -0.3 is 5.11 Å². The Morgan fingerprint density at radius 3 is 2.80 bits per heavy atom. The third-order valence-corrected chi connectivity index (χ3v) is 3.72. The molecule has 1 fully saturated rings. The first-order chi connectivity index (χ1) is 7.28. The Kier molecular flexibility index (Phi) is 3.11. The summed E-state index contributed by atoms with van der Waals surface area (Å²) >= 11 is 0. The predicted octanol–water partition coefficient (Wildman–Crippen LogP) is 3.49. The number of benzene rings is 1. The lowest BCUT2D eigenvalue weighted by molar-refractivity contribution is -0.0440. The van der Waals surface area contributed by atoms with Crippen molar-refractivity contribution in [1.29, 1.82) is 0 Å². The highest BCUT2D eigenvalue weighted by atomic mass is 16.3. The second kappa shape index (κ2) is 4.36. The number of rotatable bonds is 4. The molecule has 0 heterocycles. The first-order valence-corrected chi connectivity index (χ1v) is 5.92. The zero-order valence-electron chi connectivity index (χ0n) is 9.37. The van der Waals surface area contributed by atoms with Crippen molar-refractivity contribution >= 4 is 0 Å². The quantitative estimate of drug-likeness (QED) is 0.794. The fourth-order valence-corrected chi connectivity index (χ4v) is 2.72. The molecule has 1 atom stereocenters. The lowest BCUT2D eigenvalue weighted by Crippen LogP contribution is -2.35. The average molecular weight is 203 g/mol. The van der Waals surface area contributed by atoms with Gasteiger partial charge in [0.15, 0.2) is 0 Å². The van der Waals surface area contributed by atoms with Crippen LogP contribution in [0.4, 0.5) is 0 Å². The first kappa shape index (κ1) is 10.7. The zero-order valence-corrected chi connectivity index (χ0v) is 9.37. The molecule has 15 heavy (non-hydrogen) atoms. The Morgan fingerprint density at radius 2 is 2.33 bits per heavy atom. The van der Waals surface area contributed by atoms with E-state index in [1.165, 1.54) is 19.3 Å².